The molecule has 1 aliphatic rings. The van der Waals surface area contributed by atoms with Gasteiger partial charge in [0.25, 0.3) is 5.69 Å². The third kappa shape index (κ3) is 3.69. The van der Waals surface area contributed by atoms with Crippen LogP contribution in [0, 0.1) is 10.1 Å². The van der Waals surface area contributed by atoms with Gasteiger partial charge in [-0.2, -0.15) is 0 Å². The zero-order valence-electron chi connectivity index (χ0n) is 13.0. The molecule has 0 unspecified atom stereocenters. The zero-order valence-corrected chi connectivity index (χ0v) is 13.0. The molecule has 0 saturated heterocycles. The Hall–Kier alpha value is -3.54. The molecular formula is C19H13NO5. The van der Waals surface area contributed by atoms with Crippen molar-refractivity contribution in [1.29, 1.82) is 0 Å². The number of rotatable bonds is 5. The molecule has 0 saturated carbocycles. The number of nitrogens with zero attached hydrogens (tertiary/aromatic N) is 1. The summed E-state index contributed by atoms with van der Waals surface area (Å²) < 4.78 is 5.58. The first-order chi connectivity index (χ1) is 12.0. The second-order valence-corrected chi connectivity index (χ2v) is 5.37. The molecule has 2 aromatic rings. The minimum atomic E-state index is -0.596. The first kappa shape index (κ1) is 16.3. The van der Waals surface area contributed by atoms with Crippen LogP contribution in [0.15, 0.2) is 66.8 Å². The van der Waals surface area contributed by atoms with Gasteiger partial charge in [0.1, 0.15) is 12.4 Å². The van der Waals surface area contributed by atoms with Crippen molar-refractivity contribution in [2.24, 2.45) is 0 Å². The predicted molar refractivity (Wildman–Crippen MR) is 91.0 cm³/mol. The molecule has 3 rings (SSSR count). The number of allylic oxidation sites excluding steroid dienone is 4. The van der Waals surface area contributed by atoms with Crippen molar-refractivity contribution in [2.45, 2.75) is 6.61 Å². The maximum Gasteiger partial charge on any atom is 0.281 e. The summed E-state index contributed by atoms with van der Waals surface area (Å²) in [6, 6.07) is 13.6. The van der Waals surface area contributed by atoms with Gasteiger partial charge < -0.3 is 4.74 Å². The number of benzene rings is 2. The molecule has 0 radical (unpaired) electrons. The Labute approximate surface area is 143 Å². The van der Waals surface area contributed by atoms with E-state index in [4.69, 9.17) is 4.74 Å². The predicted octanol–water partition coefficient (Wildman–Crippen LogP) is 3.27. The number of ketones is 2. The number of nitro groups is 1. The first-order valence-electron chi connectivity index (χ1n) is 7.48. The lowest BCUT2D eigenvalue weighted by Crippen LogP contribution is -2.08. The van der Waals surface area contributed by atoms with Crippen LogP contribution in [0.5, 0.6) is 5.75 Å². The van der Waals surface area contributed by atoms with Gasteiger partial charge in [-0.25, -0.2) is 0 Å². The molecule has 2 aromatic carbocycles. The lowest BCUT2D eigenvalue weighted by molar-refractivity contribution is -0.385. The summed E-state index contributed by atoms with van der Waals surface area (Å²) in [6.07, 6.45) is 3.35. The summed E-state index contributed by atoms with van der Waals surface area (Å²) in [6.45, 7) is 0.264. The summed E-state index contributed by atoms with van der Waals surface area (Å²) in [7, 11) is 0. The molecule has 0 fully saturated rings. The average Bonchev–Trinajstić information content (AvgIpc) is 2.62. The topological polar surface area (TPSA) is 86.5 Å². The van der Waals surface area contributed by atoms with Crippen LogP contribution < -0.4 is 4.74 Å². The molecule has 0 amide bonds. The SMILES string of the molecule is O=C1C=CC(=O)C(c2ccc(OCc3ccccc3)cc2[N+](=O)[O-])=C1. The highest BCUT2D eigenvalue weighted by Gasteiger charge is 2.24. The van der Waals surface area contributed by atoms with Gasteiger partial charge in [0.2, 0.25) is 0 Å². The van der Waals surface area contributed by atoms with Gasteiger partial charge in [-0.3, -0.25) is 19.7 Å². The van der Waals surface area contributed by atoms with Gasteiger partial charge >= 0.3 is 0 Å². The zero-order chi connectivity index (χ0) is 17.8. The third-order valence-corrected chi connectivity index (χ3v) is 3.66. The van der Waals surface area contributed by atoms with Crippen molar-refractivity contribution in [3.63, 3.8) is 0 Å². The van der Waals surface area contributed by atoms with E-state index in [1.807, 2.05) is 30.3 Å². The van der Waals surface area contributed by atoms with Gasteiger partial charge in [-0.1, -0.05) is 30.3 Å². The normalized spacial score (nSPS) is 13.5. The lowest BCUT2D eigenvalue weighted by Gasteiger charge is -2.10. The van der Waals surface area contributed by atoms with Crippen LogP contribution in [0.2, 0.25) is 0 Å². The molecule has 6 nitrogen and oxygen atoms in total. The minimum absolute atomic E-state index is 0.00816. The number of carbonyl (C=O) groups excluding carboxylic acids is 2. The lowest BCUT2D eigenvalue weighted by atomic mass is 9.95. The van der Waals surface area contributed by atoms with Crippen LogP contribution in [-0.2, 0) is 16.2 Å². The Morgan fingerprint density at radius 1 is 1.00 bits per heavy atom. The van der Waals surface area contributed by atoms with Crippen LogP contribution in [-0.4, -0.2) is 16.5 Å². The van der Waals surface area contributed by atoms with Crippen LogP contribution in [0.1, 0.15) is 11.1 Å². The Bertz CT molecular complexity index is 913. The molecule has 124 valence electrons. The molecule has 1 aliphatic carbocycles. The molecule has 0 atom stereocenters. The van der Waals surface area contributed by atoms with Crippen LogP contribution in [0.4, 0.5) is 5.69 Å². The van der Waals surface area contributed by atoms with Crippen LogP contribution in [0.25, 0.3) is 5.57 Å². The minimum Gasteiger partial charge on any atom is -0.489 e. The number of hydrogen-bond acceptors (Lipinski definition) is 5. The van der Waals surface area contributed by atoms with Crippen molar-refractivity contribution < 1.29 is 19.2 Å². The highest BCUT2D eigenvalue weighted by atomic mass is 16.6. The van der Waals surface area contributed by atoms with Crippen molar-refractivity contribution in [1.82, 2.24) is 0 Å². The first-order valence-corrected chi connectivity index (χ1v) is 7.48. The number of hydrogen-bond donors (Lipinski definition) is 0. The van der Waals surface area contributed by atoms with E-state index in [1.165, 1.54) is 12.1 Å². The second-order valence-electron chi connectivity index (χ2n) is 5.37. The number of ether oxygens (including phenoxy) is 1. The van der Waals surface area contributed by atoms with Gasteiger partial charge in [-0.15, -0.1) is 0 Å². The summed E-state index contributed by atoms with van der Waals surface area (Å²) in [5.41, 5.74) is 0.747. The van der Waals surface area contributed by atoms with Crippen molar-refractivity contribution in [3.8, 4) is 5.75 Å². The monoisotopic (exact) mass is 335 g/mol. The number of carbonyl (C=O) groups is 2. The van der Waals surface area contributed by atoms with Gasteiger partial charge in [0, 0.05) is 5.57 Å². The quantitative estimate of drug-likeness (QED) is 0.475. The fourth-order valence-electron chi connectivity index (χ4n) is 2.44. The molecular weight excluding hydrogens is 322 g/mol. The molecule has 0 bridgehead atoms. The van der Waals surface area contributed by atoms with E-state index in [9.17, 15) is 19.7 Å². The Morgan fingerprint density at radius 2 is 1.76 bits per heavy atom. The Balaban J connectivity index is 1.90. The fraction of sp³-hybridized carbons (Fsp3) is 0.0526. The van der Waals surface area contributed by atoms with Gasteiger partial charge in [0.15, 0.2) is 11.6 Å². The third-order valence-electron chi connectivity index (χ3n) is 3.66. The van der Waals surface area contributed by atoms with Crippen molar-refractivity contribution in [3.05, 3.63) is 88.0 Å². The second kappa shape index (κ2) is 6.92. The van der Waals surface area contributed by atoms with Gasteiger partial charge in [-0.05, 0) is 35.9 Å². The maximum atomic E-state index is 11.9. The van der Waals surface area contributed by atoms with E-state index >= 15 is 0 Å². The maximum absolute atomic E-state index is 11.9. The molecule has 0 spiro atoms. The van der Waals surface area contributed by atoms with E-state index in [1.54, 1.807) is 6.07 Å². The molecule has 0 N–H and O–H groups in total. The summed E-state index contributed by atoms with van der Waals surface area (Å²) in [4.78, 5) is 34.2. The standard InChI is InChI=1S/C19H13NO5/c21-14-6-9-19(22)17(10-14)16-8-7-15(11-18(16)20(23)24)25-12-13-4-2-1-3-5-13/h1-11H,12H2. The molecule has 0 aliphatic heterocycles. The molecule has 25 heavy (non-hydrogen) atoms. The smallest absolute Gasteiger partial charge is 0.281 e. The molecule has 0 heterocycles. The van der Waals surface area contributed by atoms with E-state index in [0.29, 0.717) is 5.75 Å². The highest BCUT2D eigenvalue weighted by Crippen LogP contribution is 2.32. The fourth-order valence-corrected chi connectivity index (χ4v) is 2.44. The summed E-state index contributed by atoms with van der Waals surface area (Å²) in [5, 5.41) is 11.4. The average molecular weight is 335 g/mol. The molecule has 0 aromatic heterocycles. The van der Waals surface area contributed by atoms with Crippen molar-refractivity contribution >= 4 is 22.8 Å². The molecule has 6 heteroatoms. The van der Waals surface area contributed by atoms with Crippen molar-refractivity contribution in [2.75, 3.05) is 0 Å². The van der Waals surface area contributed by atoms with E-state index in [-0.39, 0.29) is 29.2 Å². The van der Waals surface area contributed by atoms with Gasteiger partial charge in [0.05, 0.1) is 16.6 Å². The van der Waals surface area contributed by atoms with Crippen LogP contribution >= 0.6 is 0 Å². The van der Waals surface area contributed by atoms with E-state index in [2.05, 4.69) is 0 Å². The van der Waals surface area contributed by atoms with E-state index in [0.717, 1.165) is 23.8 Å². The van der Waals surface area contributed by atoms with Crippen LogP contribution in [0.3, 0.4) is 0 Å². The largest absolute Gasteiger partial charge is 0.489 e. The Kier molecular flexibility index (Phi) is 4.52. The number of nitro benzene ring substituents is 1. The Morgan fingerprint density at radius 3 is 2.48 bits per heavy atom. The highest BCUT2D eigenvalue weighted by molar-refractivity contribution is 6.34. The summed E-state index contributed by atoms with van der Waals surface area (Å²) in [5.74, 6) is -0.515. The summed E-state index contributed by atoms with van der Waals surface area (Å²) >= 11 is 0. The van der Waals surface area contributed by atoms with E-state index < -0.39 is 10.7 Å².